The molecule has 0 radical (unpaired) electrons. The van der Waals surface area contributed by atoms with E-state index in [9.17, 15) is 4.79 Å². The molecule has 0 atom stereocenters. The number of aliphatic hydroxyl groups is 1. The fourth-order valence-corrected chi connectivity index (χ4v) is 2.70. The van der Waals surface area contributed by atoms with Gasteiger partial charge < -0.3 is 15.3 Å². The number of aliphatic hydroxyl groups excluding tert-OH is 1. The molecule has 1 aliphatic heterocycles. The van der Waals surface area contributed by atoms with Gasteiger partial charge in [-0.25, -0.2) is 0 Å². The molecule has 1 fully saturated rings. The van der Waals surface area contributed by atoms with Crippen LogP contribution in [-0.4, -0.2) is 61.3 Å². The van der Waals surface area contributed by atoms with E-state index in [1.54, 1.807) is 0 Å². The van der Waals surface area contributed by atoms with Crippen molar-refractivity contribution in [3.8, 4) is 0 Å². The van der Waals surface area contributed by atoms with Crippen LogP contribution in [0.4, 0.5) is 5.69 Å². The summed E-state index contributed by atoms with van der Waals surface area (Å²) in [7, 11) is 0. The largest absolute Gasteiger partial charge is 0.396 e. The molecular formula is C17H27N3O2. The lowest BCUT2D eigenvalue weighted by molar-refractivity contribution is 0.0951. The minimum Gasteiger partial charge on any atom is -0.396 e. The summed E-state index contributed by atoms with van der Waals surface area (Å²) in [5.74, 6) is -0.0790. The molecule has 0 saturated carbocycles. The molecule has 0 unspecified atom stereocenters. The van der Waals surface area contributed by atoms with Crippen LogP contribution >= 0.6 is 0 Å². The Labute approximate surface area is 132 Å². The van der Waals surface area contributed by atoms with E-state index in [4.69, 9.17) is 5.11 Å². The van der Waals surface area contributed by atoms with E-state index in [2.05, 4.69) is 29.0 Å². The molecule has 5 nitrogen and oxygen atoms in total. The lowest BCUT2D eigenvalue weighted by Crippen LogP contribution is -2.48. The summed E-state index contributed by atoms with van der Waals surface area (Å²) >= 11 is 0. The highest BCUT2D eigenvalue weighted by Gasteiger charge is 2.19. The van der Waals surface area contributed by atoms with Crippen molar-refractivity contribution < 1.29 is 9.90 Å². The summed E-state index contributed by atoms with van der Waals surface area (Å²) < 4.78 is 0. The van der Waals surface area contributed by atoms with E-state index >= 15 is 0 Å². The van der Waals surface area contributed by atoms with Gasteiger partial charge in [0.05, 0.1) is 0 Å². The second-order valence-corrected chi connectivity index (χ2v) is 6.00. The molecule has 0 aliphatic carbocycles. The van der Waals surface area contributed by atoms with Crippen LogP contribution < -0.4 is 10.2 Å². The maximum absolute atomic E-state index is 11.9. The first kappa shape index (κ1) is 16.8. The van der Waals surface area contributed by atoms with Crippen molar-refractivity contribution in [3.63, 3.8) is 0 Å². The van der Waals surface area contributed by atoms with Gasteiger partial charge in [-0.15, -0.1) is 0 Å². The van der Waals surface area contributed by atoms with Crippen LogP contribution in [0.2, 0.25) is 0 Å². The third-order valence-corrected chi connectivity index (χ3v) is 4.16. The van der Waals surface area contributed by atoms with Gasteiger partial charge in [0, 0.05) is 56.6 Å². The van der Waals surface area contributed by atoms with Gasteiger partial charge in [-0.2, -0.15) is 0 Å². The van der Waals surface area contributed by atoms with E-state index in [1.165, 1.54) is 5.69 Å². The highest BCUT2D eigenvalue weighted by atomic mass is 16.3. The van der Waals surface area contributed by atoms with Gasteiger partial charge in [-0.3, -0.25) is 9.69 Å². The number of nitrogens with one attached hydrogen (secondary N) is 1. The number of carbonyl (C=O) groups is 1. The molecule has 122 valence electrons. The predicted octanol–water partition coefficient (Wildman–Crippen LogP) is 1.33. The van der Waals surface area contributed by atoms with Crippen molar-refractivity contribution in [3.05, 3.63) is 29.8 Å². The van der Waals surface area contributed by atoms with Gasteiger partial charge in [0.2, 0.25) is 0 Å². The molecule has 2 rings (SSSR count). The summed E-state index contributed by atoms with van der Waals surface area (Å²) in [4.78, 5) is 16.8. The van der Waals surface area contributed by atoms with Crippen LogP contribution in [0.25, 0.3) is 0 Å². The first-order chi connectivity index (χ1) is 10.6. The predicted molar refractivity (Wildman–Crippen MR) is 89.4 cm³/mol. The summed E-state index contributed by atoms with van der Waals surface area (Å²) in [6.07, 6.45) is 0.587. The smallest absolute Gasteiger partial charge is 0.251 e. The summed E-state index contributed by atoms with van der Waals surface area (Å²) in [5, 5.41) is 11.5. The number of benzene rings is 1. The lowest BCUT2D eigenvalue weighted by Gasteiger charge is -2.38. The maximum Gasteiger partial charge on any atom is 0.251 e. The summed E-state index contributed by atoms with van der Waals surface area (Å²) in [5.41, 5.74) is 1.85. The second-order valence-electron chi connectivity index (χ2n) is 6.00. The zero-order valence-electron chi connectivity index (χ0n) is 13.6. The van der Waals surface area contributed by atoms with E-state index in [0.717, 1.165) is 26.2 Å². The Morgan fingerprint density at radius 3 is 2.36 bits per heavy atom. The highest BCUT2D eigenvalue weighted by molar-refractivity contribution is 5.94. The number of carbonyl (C=O) groups excluding carboxylic acids is 1. The SMILES string of the molecule is CC(C)N1CCN(c2ccc(C(=O)NCCCO)cc2)CC1. The molecule has 0 spiro atoms. The van der Waals surface area contributed by atoms with Crippen molar-refractivity contribution in [2.24, 2.45) is 0 Å². The van der Waals surface area contributed by atoms with Crippen molar-refractivity contribution in [2.75, 3.05) is 44.2 Å². The fourth-order valence-electron chi connectivity index (χ4n) is 2.70. The van der Waals surface area contributed by atoms with E-state index < -0.39 is 0 Å². The van der Waals surface area contributed by atoms with Crippen molar-refractivity contribution >= 4 is 11.6 Å². The van der Waals surface area contributed by atoms with Crippen LogP contribution in [0.1, 0.15) is 30.6 Å². The van der Waals surface area contributed by atoms with Gasteiger partial charge in [0.25, 0.3) is 5.91 Å². The Hall–Kier alpha value is -1.59. The van der Waals surface area contributed by atoms with Crippen LogP contribution in [0, 0.1) is 0 Å². The minimum absolute atomic E-state index is 0.0790. The molecule has 1 aliphatic rings. The van der Waals surface area contributed by atoms with Crippen LogP contribution in [0.5, 0.6) is 0 Å². The molecule has 0 aromatic heterocycles. The maximum atomic E-state index is 11.9. The molecule has 0 bridgehead atoms. The van der Waals surface area contributed by atoms with Gasteiger partial charge in [-0.1, -0.05) is 0 Å². The van der Waals surface area contributed by atoms with Crippen LogP contribution in [0.3, 0.4) is 0 Å². The fraction of sp³-hybridized carbons (Fsp3) is 0.588. The molecular weight excluding hydrogens is 278 g/mol. The summed E-state index contributed by atoms with van der Waals surface area (Å²) in [6, 6.07) is 8.39. The zero-order valence-corrected chi connectivity index (χ0v) is 13.6. The molecule has 2 N–H and O–H groups in total. The number of hydrogen-bond donors (Lipinski definition) is 2. The Morgan fingerprint density at radius 2 is 1.82 bits per heavy atom. The standard InChI is InChI=1S/C17H27N3O2/c1-14(2)19-9-11-20(12-10-19)16-6-4-15(5-7-16)17(22)18-8-3-13-21/h4-7,14,21H,3,8-13H2,1-2H3,(H,18,22). The van der Waals surface area contributed by atoms with Crippen molar-refractivity contribution in [1.82, 2.24) is 10.2 Å². The molecule has 1 saturated heterocycles. The molecule has 5 heteroatoms. The van der Waals surface area contributed by atoms with Gasteiger partial charge in [-0.05, 0) is 44.5 Å². The topological polar surface area (TPSA) is 55.8 Å². The Morgan fingerprint density at radius 1 is 1.18 bits per heavy atom. The number of anilines is 1. The normalized spacial score (nSPS) is 16.1. The molecule has 22 heavy (non-hydrogen) atoms. The second kappa shape index (κ2) is 8.15. The molecule has 1 aromatic rings. The lowest BCUT2D eigenvalue weighted by atomic mass is 10.1. The van der Waals surface area contributed by atoms with Gasteiger partial charge in [0.15, 0.2) is 0 Å². The third kappa shape index (κ3) is 4.45. The minimum atomic E-state index is -0.0790. The third-order valence-electron chi connectivity index (χ3n) is 4.16. The number of nitrogens with zero attached hydrogens (tertiary/aromatic N) is 2. The van der Waals surface area contributed by atoms with Crippen LogP contribution in [0.15, 0.2) is 24.3 Å². The number of hydrogen-bond acceptors (Lipinski definition) is 4. The first-order valence-corrected chi connectivity index (χ1v) is 8.10. The number of rotatable bonds is 6. The Kier molecular flexibility index (Phi) is 6.21. The molecule has 1 aromatic carbocycles. The zero-order chi connectivity index (χ0) is 15.9. The number of piperazine rings is 1. The first-order valence-electron chi connectivity index (χ1n) is 8.10. The van der Waals surface area contributed by atoms with E-state index in [1.807, 2.05) is 24.3 Å². The Balaban J connectivity index is 1.88. The quantitative estimate of drug-likeness (QED) is 0.779. The number of amides is 1. The van der Waals surface area contributed by atoms with Crippen molar-refractivity contribution in [1.29, 1.82) is 0 Å². The van der Waals surface area contributed by atoms with Crippen molar-refractivity contribution in [2.45, 2.75) is 26.3 Å². The average molecular weight is 305 g/mol. The monoisotopic (exact) mass is 305 g/mol. The summed E-state index contributed by atoms with van der Waals surface area (Å²) in [6.45, 7) is 9.30. The van der Waals surface area contributed by atoms with Gasteiger partial charge in [0.1, 0.15) is 0 Å². The average Bonchev–Trinajstić information content (AvgIpc) is 2.55. The molecule has 1 amide bonds. The van der Waals surface area contributed by atoms with Gasteiger partial charge >= 0.3 is 0 Å². The van der Waals surface area contributed by atoms with E-state index in [-0.39, 0.29) is 12.5 Å². The Bertz CT molecular complexity index is 465. The highest BCUT2D eigenvalue weighted by Crippen LogP contribution is 2.18. The van der Waals surface area contributed by atoms with E-state index in [0.29, 0.717) is 24.6 Å². The van der Waals surface area contributed by atoms with Crippen LogP contribution in [-0.2, 0) is 0 Å². The molecule has 1 heterocycles.